The van der Waals surface area contributed by atoms with Gasteiger partial charge in [-0.15, -0.1) is 0 Å². The molecule has 1 aliphatic carbocycles. The smallest absolute Gasteiger partial charge is 0.0992 e. The van der Waals surface area contributed by atoms with Gasteiger partial charge < -0.3 is 10.4 Å². The first-order chi connectivity index (χ1) is 8.69. The molecule has 0 unspecified atom stereocenters. The van der Waals surface area contributed by atoms with E-state index in [1.54, 1.807) is 12.1 Å². The molecule has 0 spiro atoms. The summed E-state index contributed by atoms with van der Waals surface area (Å²) >= 11 is 6.10. The summed E-state index contributed by atoms with van der Waals surface area (Å²) in [5.41, 5.74) is 1.45. The van der Waals surface area contributed by atoms with Crippen LogP contribution in [0.15, 0.2) is 18.2 Å². The van der Waals surface area contributed by atoms with Crippen molar-refractivity contribution in [2.24, 2.45) is 5.92 Å². The molecule has 2 rings (SSSR count). The summed E-state index contributed by atoms with van der Waals surface area (Å²) < 4.78 is 0. The van der Waals surface area contributed by atoms with E-state index in [4.69, 9.17) is 16.9 Å². The zero-order chi connectivity index (χ0) is 13.0. The van der Waals surface area contributed by atoms with Gasteiger partial charge in [0, 0.05) is 6.54 Å². The fourth-order valence-corrected chi connectivity index (χ4v) is 2.58. The highest BCUT2D eigenvalue weighted by molar-refractivity contribution is 6.33. The second kappa shape index (κ2) is 6.08. The van der Waals surface area contributed by atoms with Crippen LogP contribution in [-0.2, 0) is 0 Å². The summed E-state index contributed by atoms with van der Waals surface area (Å²) in [4.78, 5) is 0. The van der Waals surface area contributed by atoms with Crippen molar-refractivity contribution in [3.8, 4) is 6.07 Å². The van der Waals surface area contributed by atoms with Gasteiger partial charge in [-0.1, -0.05) is 11.6 Å². The minimum absolute atomic E-state index is 0.111. The van der Waals surface area contributed by atoms with E-state index in [1.807, 2.05) is 6.07 Å². The molecule has 1 aliphatic rings. The Morgan fingerprint density at radius 2 is 2.06 bits per heavy atom. The van der Waals surface area contributed by atoms with Crippen LogP contribution in [-0.4, -0.2) is 17.8 Å². The Balaban J connectivity index is 1.89. The standard InChI is InChI=1S/C14H17ClN2O/c15-13-7-11(8-16)3-6-14(13)17-9-10-1-4-12(18)5-2-10/h3,6-7,10,12,17-18H,1-2,4-5,9H2. The molecule has 1 saturated carbocycles. The zero-order valence-corrected chi connectivity index (χ0v) is 11.0. The molecule has 0 heterocycles. The highest BCUT2D eigenvalue weighted by Crippen LogP contribution is 2.27. The normalized spacial score (nSPS) is 23.4. The van der Waals surface area contributed by atoms with Gasteiger partial charge in [-0.3, -0.25) is 0 Å². The molecule has 0 amide bonds. The van der Waals surface area contributed by atoms with Crippen molar-refractivity contribution in [1.82, 2.24) is 0 Å². The monoisotopic (exact) mass is 264 g/mol. The quantitative estimate of drug-likeness (QED) is 0.882. The van der Waals surface area contributed by atoms with Gasteiger partial charge in [-0.05, 0) is 49.8 Å². The van der Waals surface area contributed by atoms with E-state index in [-0.39, 0.29) is 6.10 Å². The van der Waals surface area contributed by atoms with Crippen LogP contribution < -0.4 is 5.32 Å². The van der Waals surface area contributed by atoms with Crippen LogP contribution in [0.25, 0.3) is 0 Å². The number of aliphatic hydroxyl groups excluding tert-OH is 1. The average Bonchev–Trinajstić information content (AvgIpc) is 2.39. The summed E-state index contributed by atoms with van der Waals surface area (Å²) in [5.74, 6) is 0.597. The zero-order valence-electron chi connectivity index (χ0n) is 10.2. The second-order valence-electron chi connectivity index (χ2n) is 4.86. The van der Waals surface area contributed by atoms with Gasteiger partial charge in [0.1, 0.15) is 0 Å². The van der Waals surface area contributed by atoms with E-state index in [0.29, 0.717) is 16.5 Å². The van der Waals surface area contributed by atoms with Crippen LogP contribution in [0.5, 0.6) is 0 Å². The summed E-state index contributed by atoms with van der Waals surface area (Å²) in [6, 6.07) is 7.35. The SMILES string of the molecule is N#Cc1ccc(NCC2CCC(O)CC2)c(Cl)c1. The molecule has 18 heavy (non-hydrogen) atoms. The number of nitriles is 1. The van der Waals surface area contributed by atoms with E-state index >= 15 is 0 Å². The van der Waals surface area contributed by atoms with Gasteiger partial charge >= 0.3 is 0 Å². The summed E-state index contributed by atoms with van der Waals surface area (Å²) in [6.45, 7) is 0.873. The predicted molar refractivity (Wildman–Crippen MR) is 72.6 cm³/mol. The first-order valence-electron chi connectivity index (χ1n) is 6.30. The number of nitrogens with zero attached hydrogens (tertiary/aromatic N) is 1. The van der Waals surface area contributed by atoms with Crippen LogP contribution >= 0.6 is 11.6 Å². The highest BCUT2D eigenvalue weighted by Gasteiger charge is 2.19. The maximum atomic E-state index is 9.44. The Bertz CT molecular complexity index is 448. The number of rotatable bonds is 3. The van der Waals surface area contributed by atoms with E-state index in [0.717, 1.165) is 37.9 Å². The Kier molecular flexibility index (Phi) is 4.46. The molecule has 0 saturated heterocycles. The Morgan fingerprint density at radius 3 is 2.67 bits per heavy atom. The lowest BCUT2D eigenvalue weighted by molar-refractivity contribution is 0.111. The maximum Gasteiger partial charge on any atom is 0.0992 e. The number of anilines is 1. The van der Waals surface area contributed by atoms with Crippen molar-refractivity contribution in [3.63, 3.8) is 0 Å². The van der Waals surface area contributed by atoms with E-state index in [9.17, 15) is 5.11 Å². The van der Waals surface area contributed by atoms with Crippen LogP contribution in [0, 0.1) is 17.2 Å². The minimum atomic E-state index is -0.111. The van der Waals surface area contributed by atoms with E-state index < -0.39 is 0 Å². The van der Waals surface area contributed by atoms with Crippen LogP contribution in [0.3, 0.4) is 0 Å². The average molecular weight is 265 g/mol. The number of halogens is 1. The Hall–Kier alpha value is -1.24. The molecule has 1 aromatic rings. The molecule has 96 valence electrons. The largest absolute Gasteiger partial charge is 0.393 e. The van der Waals surface area contributed by atoms with Crippen molar-refractivity contribution >= 4 is 17.3 Å². The molecule has 2 N–H and O–H groups in total. The Morgan fingerprint density at radius 1 is 1.33 bits per heavy atom. The molecular weight excluding hydrogens is 248 g/mol. The van der Waals surface area contributed by atoms with Gasteiger partial charge in [0.15, 0.2) is 0 Å². The third-order valence-electron chi connectivity index (χ3n) is 3.50. The lowest BCUT2D eigenvalue weighted by atomic mass is 9.87. The molecular formula is C14H17ClN2O. The van der Waals surface area contributed by atoms with Gasteiger partial charge in [-0.25, -0.2) is 0 Å². The van der Waals surface area contributed by atoms with Gasteiger partial charge in [-0.2, -0.15) is 5.26 Å². The fraction of sp³-hybridized carbons (Fsp3) is 0.500. The third kappa shape index (κ3) is 3.38. The molecule has 4 heteroatoms. The summed E-state index contributed by atoms with van der Waals surface area (Å²) in [6.07, 6.45) is 3.80. The molecule has 1 aromatic carbocycles. The third-order valence-corrected chi connectivity index (χ3v) is 3.81. The molecule has 1 fully saturated rings. The minimum Gasteiger partial charge on any atom is -0.393 e. The van der Waals surface area contributed by atoms with Crippen LogP contribution in [0.4, 0.5) is 5.69 Å². The summed E-state index contributed by atoms with van der Waals surface area (Å²) in [7, 11) is 0. The lowest BCUT2D eigenvalue weighted by Gasteiger charge is -2.26. The van der Waals surface area contributed by atoms with Crippen molar-refractivity contribution in [2.45, 2.75) is 31.8 Å². The number of nitrogens with one attached hydrogen (secondary N) is 1. The molecule has 0 aromatic heterocycles. The van der Waals surface area contributed by atoms with Crippen LogP contribution in [0.1, 0.15) is 31.2 Å². The molecule has 0 atom stereocenters. The van der Waals surface area contributed by atoms with Crippen molar-refractivity contribution in [2.75, 3.05) is 11.9 Å². The molecule has 0 bridgehead atoms. The van der Waals surface area contributed by atoms with Gasteiger partial charge in [0.2, 0.25) is 0 Å². The van der Waals surface area contributed by atoms with Gasteiger partial charge in [0.25, 0.3) is 0 Å². The van der Waals surface area contributed by atoms with Crippen molar-refractivity contribution in [3.05, 3.63) is 28.8 Å². The number of hydrogen-bond donors (Lipinski definition) is 2. The number of benzene rings is 1. The second-order valence-corrected chi connectivity index (χ2v) is 5.27. The Labute approximate surface area is 112 Å². The topological polar surface area (TPSA) is 56.0 Å². The van der Waals surface area contributed by atoms with E-state index in [1.165, 1.54) is 0 Å². The van der Waals surface area contributed by atoms with Crippen molar-refractivity contribution < 1.29 is 5.11 Å². The molecule has 3 nitrogen and oxygen atoms in total. The lowest BCUT2D eigenvalue weighted by Crippen LogP contribution is -2.23. The first-order valence-corrected chi connectivity index (χ1v) is 6.68. The highest BCUT2D eigenvalue weighted by atomic mass is 35.5. The van der Waals surface area contributed by atoms with Crippen molar-refractivity contribution in [1.29, 1.82) is 5.26 Å². The molecule has 0 aliphatic heterocycles. The van der Waals surface area contributed by atoms with Crippen LogP contribution in [0.2, 0.25) is 5.02 Å². The number of aliphatic hydroxyl groups is 1. The fourth-order valence-electron chi connectivity index (χ4n) is 2.33. The predicted octanol–water partition coefficient (Wildman–Crippen LogP) is 3.17. The molecule has 0 radical (unpaired) electrons. The summed E-state index contributed by atoms with van der Waals surface area (Å²) in [5, 5.41) is 22.1. The van der Waals surface area contributed by atoms with E-state index in [2.05, 4.69) is 11.4 Å². The maximum absolute atomic E-state index is 9.44. The number of hydrogen-bond acceptors (Lipinski definition) is 3. The first kappa shape index (κ1) is 13.2. The van der Waals surface area contributed by atoms with Gasteiger partial charge in [0.05, 0.1) is 28.4 Å².